The molecule has 0 aliphatic heterocycles. The van der Waals surface area contributed by atoms with E-state index in [4.69, 9.17) is 5.73 Å². The summed E-state index contributed by atoms with van der Waals surface area (Å²) in [6, 6.07) is 0.0164. The van der Waals surface area contributed by atoms with Gasteiger partial charge in [-0.25, -0.2) is 4.98 Å². The molecule has 0 aromatic carbocycles. The lowest BCUT2D eigenvalue weighted by molar-refractivity contribution is 0.0946. The fourth-order valence-electron chi connectivity index (χ4n) is 0.989. The van der Waals surface area contributed by atoms with Crippen LogP contribution in [0.25, 0.3) is 0 Å². The van der Waals surface area contributed by atoms with E-state index in [9.17, 15) is 4.79 Å². The van der Waals surface area contributed by atoms with Gasteiger partial charge in [-0.05, 0) is 6.42 Å². The number of rotatable bonds is 4. The van der Waals surface area contributed by atoms with Gasteiger partial charge in [-0.3, -0.25) is 4.79 Å². The number of imidazole rings is 1. The third-order valence-electron chi connectivity index (χ3n) is 1.99. The summed E-state index contributed by atoms with van der Waals surface area (Å²) in [5, 5.41) is 2.72. The lowest BCUT2D eigenvalue weighted by Gasteiger charge is -2.08. The molecular formula is C9H16N4O. The minimum absolute atomic E-state index is 0.0164. The summed E-state index contributed by atoms with van der Waals surface area (Å²) in [7, 11) is 1.82. The zero-order valence-electron chi connectivity index (χ0n) is 8.53. The molecule has 0 fully saturated rings. The van der Waals surface area contributed by atoms with Gasteiger partial charge in [0, 0.05) is 25.8 Å². The van der Waals surface area contributed by atoms with Crippen LogP contribution in [0.15, 0.2) is 12.5 Å². The molecule has 78 valence electrons. The van der Waals surface area contributed by atoms with Crippen molar-refractivity contribution in [3.8, 4) is 0 Å². The highest BCUT2D eigenvalue weighted by Gasteiger charge is 2.08. The second-order valence-electron chi connectivity index (χ2n) is 3.30. The number of nitrogens with zero attached hydrogens (tertiary/aromatic N) is 2. The van der Waals surface area contributed by atoms with Crippen molar-refractivity contribution in [1.29, 1.82) is 0 Å². The van der Waals surface area contributed by atoms with Gasteiger partial charge < -0.3 is 15.6 Å². The molecule has 14 heavy (non-hydrogen) atoms. The third-order valence-corrected chi connectivity index (χ3v) is 1.99. The first-order chi connectivity index (χ1) is 6.63. The van der Waals surface area contributed by atoms with Gasteiger partial charge in [-0.2, -0.15) is 0 Å². The molecule has 1 aromatic heterocycles. The van der Waals surface area contributed by atoms with Crippen LogP contribution in [0.3, 0.4) is 0 Å². The molecule has 0 radical (unpaired) electrons. The number of hydrogen-bond acceptors (Lipinski definition) is 3. The summed E-state index contributed by atoms with van der Waals surface area (Å²) in [6.07, 6.45) is 4.12. The van der Waals surface area contributed by atoms with Crippen molar-refractivity contribution >= 4 is 5.91 Å². The van der Waals surface area contributed by atoms with Gasteiger partial charge in [0.15, 0.2) is 0 Å². The predicted octanol–water partition coefficient (Wildman–Crippen LogP) is -0.113. The zero-order valence-corrected chi connectivity index (χ0v) is 8.53. The first-order valence-electron chi connectivity index (χ1n) is 4.65. The third kappa shape index (κ3) is 2.85. The van der Waals surface area contributed by atoms with Crippen molar-refractivity contribution in [2.24, 2.45) is 12.8 Å². The van der Waals surface area contributed by atoms with Crippen LogP contribution in [0.5, 0.6) is 0 Å². The van der Waals surface area contributed by atoms with Crippen LogP contribution in [0, 0.1) is 0 Å². The summed E-state index contributed by atoms with van der Waals surface area (Å²) in [5.74, 6) is -0.172. The van der Waals surface area contributed by atoms with Crippen LogP contribution < -0.4 is 11.1 Å². The van der Waals surface area contributed by atoms with Crippen molar-refractivity contribution in [1.82, 2.24) is 14.9 Å². The maximum atomic E-state index is 11.4. The molecule has 3 N–H and O–H groups in total. The van der Waals surface area contributed by atoms with Crippen molar-refractivity contribution < 1.29 is 4.79 Å². The molecule has 5 heteroatoms. The van der Waals surface area contributed by atoms with Crippen molar-refractivity contribution in [2.45, 2.75) is 19.4 Å². The van der Waals surface area contributed by atoms with Crippen molar-refractivity contribution in [3.63, 3.8) is 0 Å². The number of amides is 1. The molecule has 0 bridgehead atoms. The van der Waals surface area contributed by atoms with Crippen LogP contribution in [0.1, 0.15) is 23.8 Å². The molecule has 0 spiro atoms. The number of carbonyl (C=O) groups excluding carboxylic acids is 1. The van der Waals surface area contributed by atoms with E-state index in [1.54, 1.807) is 17.1 Å². The van der Waals surface area contributed by atoms with E-state index in [0.29, 0.717) is 12.2 Å². The fourth-order valence-corrected chi connectivity index (χ4v) is 0.989. The Kier molecular flexibility index (Phi) is 3.64. The molecule has 0 aliphatic rings. The Morgan fingerprint density at radius 2 is 2.50 bits per heavy atom. The van der Waals surface area contributed by atoms with Crippen LogP contribution in [0.4, 0.5) is 0 Å². The Balaban J connectivity index is 2.43. The summed E-state index contributed by atoms with van der Waals surface area (Å²) >= 11 is 0. The highest BCUT2D eigenvalue weighted by Crippen LogP contribution is 1.93. The quantitative estimate of drug-likeness (QED) is 0.705. The number of hydrogen-bond donors (Lipinski definition) is 2. The normalized spacial score (nSPS) is 12.5. The van der Waals surface area contributed by atoms with E-state index in [-0.39, 0.29) is 11.9 Å². The highest BCUT2D eigenvalue weighted by atomic mass is 16.1. The molecule has 1 unspecified atom stereocenters. The number of aryl methyl sites for hydroxylation is 1. The lowest BCUT2D eigenvalue weighted by Crippen LogP contribution is -2.36. The SMILES string of the molecule is CCC(N)CNC(=O)c1cn(C)cn1. The Morgan fingerprint density at radius 3 is 3.00 bits per heavy atom. The molecule has 0 saturated carbocycles. The minimum atomic E-state index is -0.172. The maximum absolute atomic E-state index is 11.4. The molecule has 1 atom stereocenters. The molecule has 1 rings (SSSR count). The molecule has 0 aliphatic carbocycles. The standard InChI is InChI=1S/C9H16N4O/c1-3-7(10)4-11-9(14)8-5-13(2)6-12-8/h5-7H,3-4,10H2,1-2H3,(H,11,14). The van der Waals surface area contributed by atoms with Crippen LogP contribution in [-0.4, -0.2) is 28.0 Å². The first kappa shape index (κ1) is 10.7. The van der Waals surface area contributed by atoms with Crippen molar-refractivity contribution in [2.75, 3.05) is 6.54 Å². The summed E-state index contributed by atoms with van der Waals surface area (Å²) < 4.78 is 1.73. The number of aromatic nitrogens is 2. The average Bonchev–Trinajstić information content (AvgIpc) is 2.60. The number of nitrogens with one attached hydrogen (secondary N) is 1. The topological polar surface area (TPSA) is 72.9 Å². The van der Waals surface area contributed by atoms with Gasteiger partial charge in [0.25, 0.3) is 5.91 Å². The van der Waals surface area contributed by atoms with E-state index in [1.165, 1.54) is 0 Å². The largest absolute Gasteiger partial charge is 0.349 e. The summed E-state index contributed by atoms with van der Waals surface area (Å²) in [5.41, 5.74) is 6.09. The van der Waals surface area contributed by atoms with Gasteiger partial charge in [0.1, 0.15) is 5.69 Å². The van der Waals surface area contributed by atoms with Crippen molar-refractivity contribution in [3.05, 3.63) is 18.2 Å². The average molecular weight is 196 g/mol. The van der Waals surface area contributed by atoms with E-state index in [2.05, 4.69) is 10.3 Å². The predicted molar refractivity (Wildman–Crippen MR) is 53.8 cm³/mol. The van der Waals surface area contributed by atoms with Gasteiger partial charge in [0.2, 0.25) is 0 Å². The molecule has 1 amide bonds. The van der Waals surface area contributed by atoms with Crippen LogP contribution in [-0.2, 0) is 7.05 Å². The zero-order chi connectivity index (χ0) is 10.6. The summed E-state index contributed by atoms with van der Waals surface area (Å²) in [4.78, 5) is 15.4. The maximum Gasteiger partial charge on any atom is 0.271 e. The second kappa shape index (κ2) is 4.76. The minimum Gasteiger partial charge on any atom is -0.349 e. The Morgan fingerprint density at radius 1 is 1.79 bits per heavy atom. The van der Waals surface area contributed by atoms with Gasteiger partial charge in [0.05, 0.1) is 6.33 Å². The fraction of sp³-hybridized carbons (Fsp3) is 0.556. The Hall–Kier alpha value is -1.36. The van der Waals surface area contributed by atoms with Crippen LogP contribution >= 0.6 is 0 Å². The molecule has 1 heterocycles. The van der Waals surface area contributed by atoms with E-state index in [0.717, 1.165) is 6.42 Å². The first-order valence-corrected chi connectivity index (χ1v) is 4.65. The van der Waals surface area contributed by atoms with E-state index >= 15 is 0 Å². The van der Waals surface area contributed by atoms with Gasteiger partial charge in [-0.1, -0.05) is 6.92 Å². The van der Waals surface area contributed by atoms with E-state index < -0.39 is 0 Å². The Labute approximate surface area is 83.3 Å². The molecule has 5 nitrogen and oxygen atoms in total. The van der Waals surface area contributed by atoms with Gasteiger partial charge >= 0.3 is 0 Å². The molecule has 0 saturated heterocycles. The highest BCUT2D eigenvalue weighted by molar-refractivity contribution is 5.91. The summed E-state index contributed by atoms with van der Waals surface area (Å²) in [6.45, 7) is 2.48. The number of carbonyl (C=O) groups is 1. The van der Waals surface area contributed by atoms with Crippen LogP contribution in [0.2, 0.25) is 0 Å². The Bertz CT molecular complexity index is 308. The monoisotopic (exact) mass is 196 g/mol. The molecule has 1 aromatic rings. The lowest BCUT2D eigenvalue weighted by atomic mass is 10.2. The molecular weight excluding hydrogens is 180 g/mol. The second-order valence-corrected chi connectivity index (χ2v) is 3.30. The smallest absolute Gasteiger partial charge is 0.271 e. The number of nitrogens with two attached hydrogens (primary N) is 1. The van der Waals surface area contributed by atoms with E-state index in [1.807, 2.05) is 14.0 Å². The van der Waals surface area contributed by atoms with Gasteiger partial charge in [-0.15, -0.1) is 0 Å².